The molecule has 0 aliphatic carbocycles. The zero-order chi connectivity index (χ0) is 19.3. The first kappa shape index (κ1) is 20.3. The van der Waals surface area contributed by atoms with E-state index in [0.717, 1.165) is 38.4 Å². The normalized spacial score (nSPS) is 16.4. The largest absolute Gasteiger partial charge is 0.480 e. The molecule has 1 aliphatic rings. The molecule has 0 bridgehead atoms. The van der Waals surface area contributed by atoms with Crippen molar-refractivity contribution >= 4 is 35.0 Å². The third kappa shape index (κ3) is 5.25. The highest BCUT2D eigenvalue weighted by Crippen LogP contribution is 2.29. The Labute approximate surface area is 159 Å². The van der Waals surface area contributed by atoms with Gasteiger partial charge in [0.1, 0.15) is 6.04 Å². The fraction of sp³-hybridized carbons (Fsp3) is 0.556. The summed E-state index contributed by atoms with van der Waals surface area (Å²) in [5.41, 5.74) is 1.47. The predicted molar refractivity (Wildman–Crippen MR) is 104 cm³/mol. The number of halogens is 1. The highest BCUT2D eigenvalue weighted by atomic mass is 35.5. The van der Waals surface area contributed by atoms with Gasteiger partial charge in [-0.25, -0.2) is 9.59 Å². The van der Waals surface area contributed by atoms with Crippen LogP contribution in [0.2, 0.25) is 5.02 Å². The Morgan fingerprint density at radius 2 is 1.88 bits per heavy atom. The molecule has 7 nitrogen and oxygen atoms in total. The summed E-state index contributed by atoms with van der Waals surface area (Å²) in [6, 6.07) is 3.84. The summed E-state index contributed by atoms with van der Waals surface area (Å²) < 4.78 is 0. The molecule has 1 unspecified atom stereocenters. The molecule has 8 heteroatoms. The lowest BCUT2D eigenvalue weighted by Crippen LogP contribution is -2.46. The number of hydrogen-bond donors (Lipinski definition) is 3. The van der Waals surface area contributed by atoms with Crippen LogP contribution in [-0.2, 0) is 4.79 Å². The van der Waals surface area contributed by atoms with Crippen molar-refractivity contribution in [3.8, 4) is 0 Å². The zero-order valence-electron chi connectivity index (χ0n) is 15.5. The monoisotopic (exact) mass is 382 g/mol. The van der Waals surface area contributed by atoms with Gasteiger partial charge < -0.3 is 25.5 Å². The molecule has 1 heterocycles. The molecule has 0 radical (unpaired) electrons. The summed E-state index contributed by atoms with van der Waals surface area (Å²) in [4.78, 5) is 27.9. The second-order valence-electron chi connectivity index (χ2n) is 6.75. The van der Waals surface area contributed by atoms with Crippen LogP contribution in [0.25, 0.3) is 0 Å². The van der Waals surface area contributed by atoms with E-state index in [-0.39, 0.29) is 5.92 Å². The molecule has 26 heavy (non-hydrogen) atoms. The summed E-state index contributed by atoms with van der Waals surface area (Å²) in [6.07, 6.45) is 0. The van der Waals surface area contributed by atoms with E-state index in [1.165, 1.54) is 0 Å². The van der Waals surface area contributed by atoms with E-state index in [2.05, 4.69) is 27.4 Å². The third-order valence-corrected chi connectivity index (χ3v) is 4.89. The van der Waals surface area contributed by atoms with Crippen LogP contribution in [-0.4, -0.2) is 60.8 Å². The van der Waals surface area contributed by atoms with E-state index < -0.39 is 18.0 Å². The van der Waals surface area contributed by atoms with E-state index in [1.807, 2.05) is 6.07 Å². The number of rotatable bonds is 6. The average molecular weight is 383 g/mol. The van der Waals surface area contributed by atoms with Crippen LogP contribution in [0.15, 0.2) is 18.2 Å². The number of nitrogens with zero attached hydrogens (tertiary/aromatic N) is 2. The highest BCUT2D eigenvalue weighted by molar-refractivity contribution is 6.33. The van der Waals surface area contributed by atoms with Crippen molar-refractivity contribution in [2.24, 2.45) is 5.92 Å². The molecule has 1 aromatic rings. The molecule has 1 aliphatic heterocycles. The first-order valence-corrected chi connectivity index (χ1v) is 9.26. The number of aliphatic carboxylic acids is 1. The summed E-state index contributed by atoms with van der Waals surface area (Å²) in [6.45, 7) is 10.5. The molecule has 0 aromatic heterocycles. The van der Waals surface area contributed by atoms with Crippen LogP contribution >= 0.6 is 11.6 Å². The molecule has 1 atom stereocenters. The molecular weight excluding hydrogens is 356 g/mol. The van der Waals surface area contributed by atoms with E-state index in [1.54, 1.807) is 26.0 Å². The molecule has 144 valence electrons. The summed E-state index contributed by atoms with van der Waals surface area (Å²) in [7, 11) is 0. The Bertz CT molecular complexity index is 645. The van der Waals surface area contributed by atoms with Gasteiger partial charge >= 0.3 is 12.0 Å². The van der Waals surface area contributed by atoms with E-state index >= 15 is 0 Å². The van der Waals surface area contributed by atoms with Crippen LogP contribution in [0, 0.1) is 5.92 Å². The Kier molecular flexibility index (Phi) is 7.11. The van der Waals surface area contributed by atoms with Gasteiger partial charge in [0.05, 0.1) is 10.7 Å². The standard InChI is InChI=1S/C18H27ClN4O3/c1-4-22-7-9-23(10-8-22)15-6-5-13(11-14(15)19)20-18(26)21-16(12(2)3)17(24)25/h5-6,11-12,16H,4,7-10H2,1-3H3,(H,24,25)(H2,20,21,26). The minimum absolute atomic E-state index is 0.217. The van der Waals surface area contributed by atoms with Gasteiger partial charge in [-0.15, -0.1) is 0 Å². The number of likely N-dealkylation sites (N-methyl/N-ethyl adjacent to an activating group) is 1. The molecule has 0 spiro atoms. The van der Waals surface area contributed by atoms with E-state index in [9.17, 15) is 9.59 Å². The molecule has 1 fully saturated rings. The van der Waals surface area contributed by atoms with Crippen LogP contribution in [0.5, 0.6) is 0 Å². The summed E-state index contributed by atoms with van der Waals surface area (Å²) in [5.74, 6) is -1.28. The third-order valence-electron chi connectivity index (χ3n) is 4.59. The number of carboxylic acids is 1. The van der Waals surface area contributed by atoms with Crippen molar-refractivity contribution in [1.82, 2.24) is 10.2 Å². The van der Waals surface area contributed by atoms with Crippen LogP contribution < -0.4 is 15.5 Å². The number of carbonyl (C=O) groups is 2. The van der Waals surface area contributed by atoms with Crippen molar-refractivity contribution < 1.29 is 14.7 Å². The first-order valence-electron chi connectivity index (χ1n) is 8.89. The van der Waals surface area contributed by atoms with Gasteiger partial charge in [-0.3, -0.25) is 0 Å². The van der Waals surface area contributed by atoms with Gasteiger partial charge in [0.25, 0.3) is 0 Å². The molecule has 3 N–H and O–H groups in total. The van der Waals surface area contributed by atoms with Crippen LogP contribution in [0.3, 0.4) is 0 Å². The minimum atomic E-state index is -1.06. The van der Waals surface area contributed by atoms with Gasteiger partial charge in [-0.05, 0) is 30.7 Å². The van der Waals surface area contributed by atoms with Gasteiger partial charge in [0, 0.05) is 31.9 Å². The van der Waals surface area contributed by atoms with Crippen LogP contribution in [0.1, 0.15) is 20.8 Å². The number of hydrogen-bond acceptors (Lipinski definition) is 4. The Balaban J connectivity index is 1.98. The molecule has 2 amide bonds. The smallest absolute Gasteiger partial charge is 0.326 e. The van der Waals surface area contributed by atoms with E-state index in [0.29, 0.717) is 10.7 Å². The van der Waals surface area contributed by atoms with Gasteiger partial charge in [0.2, 0.25) is 0 Å². The fourth-order valence-electron chi connectivity index (χ4n) is 2.97. The van der Waals surface area contributed by atoms with Gasteiger partial charge in [0.15, 0.2) is 0 Å². The molecular formula is C18H27ClN4O3. The predicted octanol–water partition coefficient (Wildman–Crippen LogP) is 2.71. The quantitative estimate of drug-likeness (QED) is 0.704. The first-order chi connectivity index (χ1) is 12.3. The van der Waals surface area contributed by atoms with Crippen LogP contribution in [0.4, 0.5) is 16.2 Å². The number of carboxylic acid groups (broad SMARTS) is 1. The van der Waals surface area contributed by atoms with Crippen molar-refractivity contribution in [3.05, 3.63) is 23.2 Å². The Hall–Kier alpha value is -1.99. The number of carbonyl (C=O) groups excluding carboxylic acids is 1. The zero-order valence-corrected chi connectivity index (χ0v) is 16.2. The van der Waals surface area contributed by atoms with Gasteiger partial charge in [-0.1, -0.05) is 32.4 Å². The average Bonchev–Trinajstić information content (AvgIpc) is 2.59. The second-order valence-corrected chi connectivity index (χ2v) is 7.15. The molecule has 2 rings (SSSR count). The number of benzene rings is 1. The SMILES string of the molecule is CCN1CCN(c2ccc(NC(=O)NC(C(=O)O)C(C)C)cc2Cl)CC1. The lowest BCUT2D eigenvalue weighted by molar-refractivity contribution is -0.140. The Morgan fingerprint density at radius 1 is 1.23 bits per heavy atom. The number of urea groups is 1. The number of anilines is 2. The van der Waals surface area contributed by atoms with E-state index in [4.69, 9.17) is 16.7 Å². The fourth-order valence-corrected chi connectivity index (χ4v) is 3.27. The maximum atomic E-state index is 12.1. The maximum Gasteiger partial charge on any atom is 0.326 e. The number of piperazine rings is 1. The van der Waals surface area contributed by atoms with Crippen molar-refractivity contribution in [3.63, 3.8) is 0 Å². The topological polar surface area (TPSA) is 84.9 Å². The van der Waals surface area contributed by atoms with Gasteiger partial charge in [-0.2, -0.15) is 0 Å². The number of nitrogens with one attached hydrogen (secondary N) is 2. The maximum absolute atomic E-state index is 12.1. The Morgan fingerprint density at radius 3 is 2.38 bits per heavy atom. The minimum Gasteiger partial charge on any atom is -0.480 e. The second kappa shape index (κ2) is 9.09. The summed E-state index contributed by atoms with van der Waals surface area (Å²) >= 11 is 6.40. The van der Waals surface area contributed by atoms with Crippen molar-refractivity contribution in [2.45, 2.75) is 26.8 Å². The molecule has 0 saturated carbocycles. The summed E-state index contributed by atoms with van der Waals surface area (Å²) in [5, 5.41) is 14.8. The van der Waals surface area contributed by atoms with Crippen molar-refractivity contribution in [1.29, 1.82) is 0 Å². The lowest BCUT2D eigenvalue weighted by Gasteiger charge is -2.36. The molecule has 1 aromatic carbocycles. The highest BCUT2D eigenvalue weighted by Gasteiger charge is 2.23. The number of amides is 2. The van der Waals surface area contributed by atoms with Crippen molar-refractivity contribution in [2.75, 3.05) is 42.9 Å². The lowest BCUT2D eigenvalue weighted by atomic mass is 10.1. The molecule has 1 saturated heterocycles.